The molecule has 0 fully saturated rings. The van der Waals surface area contributed by atoms with Crippen LogP contribution in [0.3, 0.4) is 0 Å². The van der Waals surface area contributed by atoms with Crippen LogP contribution in [-0.4, -0.2) is 11.1 Å². The van der Waals surface area contributed by atoms with E-state index in [1.807, 2.05) is 6.92 Å². The molecule has 1 N–H and O–H groups in total. The molecule has 0 aliphatic heterocycles. The maximum atomic E-state index is 9.84. The molecule has 0 atom stereocenters. The van der Waals surface area contributed by atoms with E-state index >= 15 is 0 Å². The summed E-state index contributed by atoms with van der Waals surface area (Å²) >= 11 is 6.17. The standard InChI is InChI=1S/C3H6ClNOS/c1-2-7-5-3(4)6/h2H2,1H3,(H,5,6). The van der Waals surface area contributed by atoms with E-state index in [-0.39, 0.29) is 0 Å². The Morgan fingerprint density at radius 3 is 2.71 bits per heavy atom. The average Bonchev–Trinajstić information content (AvgIpc) is 1.61. The van der Waals surface area contributed by atoms with Crippen LogP contribution < -0.4 is 4.72 Å². The lowest BCUT2D eigenvalue weighted by atomic mass is 11.0. The monoisotopic (exact) mass is 139 g/mol. The van der Waals surface area contributed by atoms with Gasteiger partial charge < -0.3 is 0 Å². The smallest absolute Gasteiger partial charge is 0.286 e. The van der Waals surface area contributed by atoms with Crippen molar-refractivity contribution in [3.05, 3.63) is 0 Å². The van der Waals surface area contributed by atoms with Crippen molar-refractivity contribution in [2.75, 3.05) is 5.75 Å². The Morgan fingerprint density at radius 1 is 2.00 bits per heavy atom. The Bertz CT molecular complexity index is 68.0. The molecule has 0 saturated heterocycles. The second-order valence-electron chi connectivity index (χ2n) is 0.809. The highest BCUT2D eigenvalue weighted by Crippen LogP contribution is 1.91. The number of halogens is 1. The largest absolute Gasteiger partial charge is 0.323 e. The van der Waals surface area contributed by atoms with Crippen molar-refractivity contribution < 1.29 is 4.79 Å². The van der Waals surface area contributed by atoms with Gasteiger partial charge in [-0.1, -0.05) is 6.92 Å². The van der Waals surface area contributed by atoms with E-state index in [2.05, 4.69) is 4.72 Å². The van der Waals surface area contributed by atoms with Gasteiger partial charge in [-0.2, -0.15) is 0 Å². The minimum Gasteiger partial charge on any atom is -0.286 e. The topological polar surface area (TPSA) is 29.1 Å². The van der Waals surface area contributed by atoms with Gasteiger partial charge in [0, 0.05) is 5.75 Å². The summed E-state index contributed by atoms with van der Waals surface area (Å²) in [6, 6.07) is 0. The fourth-order valence-corrected chi connectivity index (χ4v) is 0.550. The molecule has 0 aliphatic carbocycles. The fourth-order valence-electron chi connectivity index (χ4n) is 0.129. The Balaban J connectivity index is 2.82. The first-order valence-electron chi connectivity index (χ1n) is 1.84. The van der Waals surface area contributed by atoms with Crippen molar-refractivity contribution in [3.63, 3.8) is 0 Å². The molecule has 0 saturated carbocycles. The summed E-state index contributed by atoms with van der Waals surface area (Å²) in [5.74, 6) is 0.846. The van der Waals surface area contributed by atoms with Gasteiger partial charge in [-0.3, -0.25) is 9.52 Å². The normalized spacial score (nSPS) is 8.29. The molecule has 0 radical (unpaired) electrons. The van der Waals surface area contributed by atoms with Gasteiger partial charge in [0.1, 0.15) is 0 Å². The van der Waals surface area contributed by atoms with Gasteiger partial charge in [0.15, 0.2) is 0 Å². The molecule has 0 aromatic rings. The van der Waals surface area contributed by atoms with Crippen molar-refractivity contribution in [3.8, 4) is 0 Å². The lowest BCUT2D eigenvalue weighted by Crippen LogP contribution is -2.05. The van der Waals surface area contributed by atoms with E-state index in [1.54, 1.807) is 0 Å². The maximum absolute atomic E-state index is 9.84. The van der Waals surface area contributed by atoms with Crippen LogP contribution in [0.1, 0.15) is 6.92 Å². The highest BCUT2D eigenvalue weighted by atomic mass is 35.5. The minimum absolute atomic E-state index is 0.508. The molecule has 7 heavy (non-hydrogen) atoms. The van der Waals surface area contributed by atoms with Crippen molar-refractivity contribution in [1.82, 2.24) is 4.72 Å². The Hall–Kier alpha value is 0.110. The highest BCUT2D eigenvalue weighted by molar-refractivity contribution is 7.98. The predicted octanol–water partition coefficient (Wildman–Crippen LogP) is 1.60. The van der Waals surface area contributed by atoms with Crippen LogP contribution >= 0.6 is 23.5 Å². The molecule has 2 nitrogen and oxygen atoms in total. The zero-order valence-electron chi connectivity index (χ0n) is 3.90. The summed E-state index contributed by atoms with van der Waals surface area (Å²) in [5, 5.41) is -0.508. The minimum atomic E-state index is -0.508. The number of carbonyl (C=O) groups is 1. The quantitative estimate of drug-likeness (QED) is 0.358. The third-order valence-electron chi connectivity index (χ3n) is 0.297. The van der Waals surface area contributed by atoms with Crippen LogP contribution in [-0.2, 0) is 0 Å². The first kappa shape index (κ1) is 7.11. The molecule has 0 spiro atoms. The van der Waals surface area contributed by atoms with E-state index in [4.69, 9.17) is 11.6 Å². The summed E-state index contributed by atoms with van der Waals surface area (Å²) in [4.78, 5) is 9.84. The summed E-state index contributed by atoms with van der Waals surface area (Å²) in [6.45, 7) is 1.93. The number of hydrogen-bond acceptors (Lipinski definition) is 2. The number of hydrogen-bond donors (Lipinski definition) is 1. The molecule has 4 heteroatoms. The van der Waals surface area contributed by atoms with Crippen molar-refractivity contribution in [2.24, 2.45) is 0 Å². The first-order chi connectivity index (χ1) is 3.27. The second-order valence-corrected chi connectivity index (χ2v) is 2.22. The van der Waals surface area contributed by atoms with Crippen LogP contribution in [0.25, 0.3) is 0 Å². The Labute approximate surface area is 51.7 Å². The van der Waals surface area contributed by atoms with E-state index in [0.717, 1.165) is 5.75 Å². The summed E-state index contributed by atoms with van der Waals surface area (Å²) in [6.07, 6.45) is 0. The molecule has 0 unspecified atom stereocenters. The molecule has 42 valence electrons. The number of nitrogens with one attached hydrogen (secondary N) is 1. The van der Waals surface area contributed by atoms with Crippen molar-refractivity contribution in [1.29, 1.82) is 0 Å². The van der Waals surface area contributed by atoms with Gasteiger partial charge >= 0.3 is 5.37 Å². The SMILES string of the molecule is CCSNC(=O)Cl. The molecular formula is C3H6ClNOS. The second kappa shape index (κ2) is 4.27. The number of amides is 1. The Kier molecular flexibility index (Phi) is 4.34. The molecule has 0 bridgehead atoms. The average molecular weight is 140 g/mol. The van der Waals surface area contributed by atoms with Gasteiger partial charge in [-0.25, -0.2) is 0 Å². The van der Waals surface area contributed by atoms with E-state index in [1.165, 1.54) is 11.9 Å². The fraction of sp³-hybridized carbons (Fsp3) is 0.667. The molecule has 1 amide bonds. The van der Waals surface area contributed by atoms with Crippen LogP contribution in [0.4, 0.5) is 4.79 Å². The Morgan fingerprint density at radius 2 is 2.57 bits per heavy atom. The molecule has 0 aromatic carbocycles. The van der Waals surface area contributed by atoms with Crippen LogP contribution in [0.2, 0.25) is 0 Å². The molecule has 0 aliphatic rings. The third kappa shape index (κ3) is 6.11. The van der Waals surface area contributed by atoms with Gasteiger partial charge in [0.2, 0.25) is 0 Å². The predicted molar refractivity (Wildman–Crippen MR) is 32.5 cm³/mol. The van der Waals surface area contributed by atoms with E-state index < -0.39 is 5.37 Å². The molecule has 0 rings (SSSR count). The lowest BCUT2D eigenvalue weighted by molar-refractivity contribution is 0.264. The first-order valence-corrected chi connectivity index (χ1v) is 3.21. The van der Waals surface area contributed by atoms with E-state index in [9.17, 15) is 4.79 Å². The van der Waals surface area contributed by atoms with Gasteiger partial charge in [0.05, 0.1) is 0 Å². The van der Waals surface area contributed by atoms with Crippen molar-refractivity contribution >= 4 is 28.9 Å². The molecule has 0 heterocycles. The third-order valence-corrected chi connectivity index (χ3v) is 1.12. The van der Waals surface area contributed by atoms with Gasteiger partial charge in [-0.15, -0.1) is 0 Å². The molecular weight excluding hydrogens is 134 g/mol. The van der Waals surface area contributed by atoms with Crippen LogP contribution in [0.5, 0.6) is 0 Å². The zero-order valence-corrected chi connectivity index (χ0v) is 5.47. The summed E-state index contributed by atoms with van der Waals surface area (Å²) in [7, 11) is 0. The number of carbonyl (C=O) groups excluding carboxylic acids is 1. The number of rotatable bonds is 2. The molecule has 0 aromatic heterocycles. The zero-order chi connectivity index (χ0) is 5.70. The van der Waals surface area contributed by atoms with Crippen molar-refractivity contribution in [2.45, 2.75) is 6.92 Å². The van der Waals surface area contributed by atoms with Crippen LogP contribution in [0, 0.1) is 0 Å². The van der Waals surface area contributed by atoms with Crippen LogP contribution in [0.15, 0.2) is 0 Å². The van der Waals surface area contributed by atoms with Gasteiger partial charge in [0.25, 0.3) is 0 Å². The summed E-state index contributed by atoms with van der Waals surface area (Å²) < 4.78 is 2.34. The lowest BCUT2D eigenvalue weighted by Gasteiger charge is -1.90. The maximum Gasteiger partial charge on any atom is 0.323 e. The highest BCUT2D eigenvalue weighted by Gasteiger charge is 1.87. The van der Waals surface area contributed by atoms with E-state index in [0.29, 0.717) is 0 Å². The summed E-state index contributed by atoms with van der Waals surface area (Å²) in [5.41, 5.74) is 0. The van der Waals surface area contributed by atoms with Gasteiger partial charge in [-0.05, 0) is 23.5 Å².